The minimum absolute atomic E-state index is 0.0584. The summed E-state index contributed by atoms with van der Waals surface area (Å²) in [6, 6.07) is 5.50. The molecule has 2 fully saturated rings. The third-order valence-electron chi connectivity index (χ3n) is 4.44. The average molecular weight is 386 g/mol. The van der Waals surface area contributed by atoms with Crippen molar-refractivity contribution >= 4 is 28.9 Å². The lowest BCUT2D eigenvalue weighted by atomic mass is 10.1. The fraction of sp³-hybridized carbons (Fsp3) is 0.529. The number of hydrogen-bond donors (Lipinski definition) is 2. The van der Waals surface area contributed by atoms with E-state index in [9.17, 15) is 18.0 Å². The van der Waals surface area contributed by atoms with Gasteiger partial charge in [-0.15, -0.1) is 0 Å². The Morgan fingerprint density at radius 2 is 1.81 bits per heavy atom. The van der Waals surface area contributed by atoms with Gasteiger partial charge in [-0.3, -0.25) is 9.69 Å². The second kappa shape index (κ2) is 7.79. The molecule has 2 aliphatic rings. The van der Waals surface area contributed by atoms with E-state index in [4.69, 9.17) is 12.2 Å². The van der Waals surface area contributed by atoms with Crippen LogP contribution in [0.25, 0.3) is 0 Å². The number of benzene rings is 1. The zero-order valence-electron chi connectivity index (χ0n) is 14.2. The zero-order valence-corrected chi connectivity index (χ0v) is 15.0. The number of hydrogen-bond acceptors (Lipinski definition) is 3. The summed E-state index contributed by atoms with van der Waals surface area (Å²) in [4.78, 5) is 16.1. The van der Waals surface area contributed by atoms with Gasteiger partial charge in [-0.2, -0.15) is 13.2 Å². The molecule has 1 heterocycles. The SMILES string of the molecule is O=C(CN1CCN(C(=S)NC2CC2)CC1)Nc1ccccc1C(F)(F)F. The monoisotopic (exact) mass is 386 g/mol. The highest BCUT2D eigenvalue weighted by Crippen LogP contribution is 2.34. The molecule has 26 heavy (non-hydrogen) atoms. The van der Waals surface area contributed by atoms with Gasteiger partial charge in [0.2, 0.25) is 5.91 Å². The van der Waals surface area contributed by atoms with Crippen LogP contribution >= 0.6 is 12.2 Å². The molecule has 1 saturated heterocycles. The molecule has 5 nitrogen and oxygen atoms in total. The molecule has 0 radical (unpaired) electrons. The van der Waals surface area contributed by atoms with E-state index in [0.29, 0.717) is 32.2 Å². The highest BCUT2D eigenvalue weighted by molar-refractivity contribution is 7.80. The highest BCUT2D eigenvalue weighted by atomic mass is 32.1. The van der Waals surface area contributed by atoms with Crippen molar-refractivity contribution in [1.82, 2.24) is 15.1 Å². The summed E-state index contributed by atoms with van der Waals surface area (Å²) >= 11 is 5.36. The van der Waals surface area contributed by atoms with Crippen LogP contribution in [0, 0.1) is 0 Å². The number of rotatable bonds is 4. The number of nitrogens with zero attached hydrogens (tertiary/aromatic N) is 2. The molecular formula is C17H21F3N4OS. The standard InChI is InChI=1S/C17H21F3N4OS/c18-17(19,20)13-3-1-2-4-14(13)22-15(25)11-23-7-9-24(10-8-23)16(26)21-12-5-6-12/h1-4,12H,5-11H2,(H,21,26)(H,22,25). The summed E-state index contributed by atoms with van der Waals surface area (Å²) < 4.78 is 39.0. The normalized spacial score (nSPS) is 18.5. The molecule has 0 unspecified atom stereocenters. The first-order chi connectivity index (χ1) is 12.3. The Morgan fingerprint density at radius 3 is 2.42 bits per heavy atom. The van der Waals surface area contributed by atoms with E-state index in [1.165, 1.54) is 18.2 Å². The number of nitrogens with one attached hydrogen (secondary N) is 2. The molecule has 1 aromatic carbocycles. The van der Waals surface area contributed by atoms with Gasteiger partial charge in [0.05, 0.1) is 17.8 Å². The van der Waals surface area contributed by atoms with Crippen molar-refractivity contribution in [2.24, 2.45) is 0 Å². The number of alkyl halides is 3. The van der Waals surface area contributed by atoms with E-state index < -0.39 is 17.6 Å². The molecule has 1 amide bonds. The fourth-order valence-corrected chi connectivity index (χ4v) is 3.18. The summed E-state index contributed by atoms with van der Waals surface area (Å²) in [5.41, 5.74) is -1.05. The third kappa shape index (κ3) is 5.07. The van der Waals surface area contributed by atoms with Crippen molar-refractivity contribution in [2.75, 3.05) is 38.0 Å². The van der Waals surface area contributed by atoms with Gasteiger partial charge >= 0.3 is 6.18 Å². The number of anilines is 1. The molecule has 0 bridgehead atoms. The van der Waals surface area contributed by atoms with Crippen molar-refractivity contribution in [1.29, 1.82) is 0 Å². The second-order valence-electron chi connectivity index (χ2n) is 6.58. The Kier molecular flexibility index (Phi) is 5.67. The third-order valence-corrected chi connectivity index (χ3v) is 4.81. The van der Waals surface area contributed by atoms with Gasteiger partial charge in [0.25, 0.3) is 0 Å². The fourth-order valence-electron chi connectivity index (χ4n) is 2.83. The number of amides is 1. The van der Waals surface area contributed by atoms with Crippen LogP contribution in [0.4, 0.5) is 18.9 Å². The number of thiocarbonyl (C=S) groups is 1. The molecule has 1 aromatic rings. The summed E-state index contributed by atoms with van der Waals surface area (Å²) in [5.74, 6) is -0.450. The Hall–Kier alpha value is -1.87. The number of para-hydroxylation sites is 1. The van der Waals surface area contributed by atoms with Crippen LogP contribution in [-0.2, 0) is 11.0 Å². The number of carbonyl (C=O) groups excluding carboxylic acids is 1. The Bertz CT molecular complexity index is 670. The van der Waals surface area contributed by atoms with Crippen LogP contribution in [-0.4, -0.2) is 59.6 Å². The topological polar surface area (TPSA) is 47.6 Å². The van der Waals surface area contributed by atoms with Gasteiger partial charge in [0, 0.05) is 32.2 Å². The summed E-state index contributed by atoms with van der Waals surface area (Å²) in [6.07, 6.45) is -2.20. The lowest BCUT2D eigenvalue weighted by Gasteiger charge is -2.35. The van der Waals surface area contributed by atoms with Crippen molar-refractivity contribution in [3.8, 4) is 0 Å². The maximum Gasteiger partial charge on any atom is 0.418 e. The molecule has 9 heteroatoms. The average Bonchev–Trinajstić information content (AvgIpc) is 3.39. The maximum absolute atomic E-state index is 13.0. The van der Waals surface area contributed by atoms with Gasteiger partial charge in [-0.05, 0) is 37.2 Å². The summed E-state index contributed by atoms with van der Waals surface area (Å²) in [5, 5.41) is 6.41. The van der Waals surface area contributed by atoms with Crippen molar-refractivity contribution in [3.05, 3.63) is 29.8 Å². The minimum atomic E-state index is -4.50. The molecule has 3 rings (SSSR count). The first-order valence-electron chi connectivity index (χ1n) is 8.57. The molecule has 0 atom stereocenters. The lowest BCUT2D eigenvalue weighted by molar-refractivity contribution is -0.137. The van der Waals surface area contributed by atoms with Crippen LogP contribution in [0.2, 0.25) is 0 Å². The van der Waals surface area contributed by atoms with Crippen LogP contribution in [0.3, 0.4) is 0 Å². The summed E-state index contributed by atoms with van der Waals surface area (Å²) in [6.45, 7) is 2.74. The predicted molar refractivity (Wildman–Crippen MR) is 96.8 cm³/mol. The van der Waals surface area contributed by atoms with Gasteiger partial charge in [-0.1, -0.05) is 12.1 Å². The van der Waals surface area contributed by atoms with Crippen LogP contribution in [0.15, 0.2) is 24.3 Å². The Morgan fingerprint density at radius 1 is 1.15 bits per heavy atom. The van der Waals surface area contributed by atoms with Crippen LogP contribution in [0.1, 0.15) is 18.4 Å². The molecule has 0 aromatic heterocycles. The Balaban J connectivity index is 1.48. The second-order valence-corrected chi connectivity index (χ2v) is 6.97. The molecule has 142 valence electrons. The first-order valence-corrected chi connectivity index (χ1v) is 8.97. The van der Waals surface area contributed by atoms with Gasteiger partial charge in [0.1, 0.15) is 0 Å². The highest BCUT2D eigenvalue weighted by Gasteiger charge is 2.33. The lowest BCUT2D eigenvalue weighted by Crippen LogP contribution is -2.53. The smallest absolute Gasteiger partial charge is 0.360 e. The molecule has 0 spiro atoms. The van der Waals surface area contributed by atoms with E-state index in [-0.39, 0.29) is 12.2 Å². The van der Waals surface area contributed by atoms with E-state index in [0.717, 1.165) is 24.0 Å². The molecule has 2 N–H and O–H groups in total. The van der Waals surface area contributed by atoms with Gasteiger partial charge in [-0.25, -0.2) is 0 Å². The molecule has 1 aliphatic heterocycles. The number of carbonyl (C=O) groups is 1. The largest absolute Gasteiger partial charge is 0.418 e. The minimum Gasteiger partial charge on any atom is -0.360 e. The predicted octanol–water partition coefficient (Wildman–Crippen LogP) is 2.30. The van der Waals surface area contributed by atoms with Crippen LogP contribution in [0.5, 0.6) is 0 Å². The summed E-state index contributed by atoms with van der Waals surface area (Å²) in [7, 11) is 0. The number of piperazine rings is 1. The van der Waals surface area contributed by atoms with Crippen molar-refractivity contribution in [3.63, 3.8) is 0 Å². The maximum atomic E-state index is 13.0. The van der Waals surface area contributed by atoms with E-state index in [1.54, 1.807) is 0 Å². The molecule has 1 aliphatic carbocycles. The van der Waals surface area contributed by atoms with Crippen molar-refractivity contribution < 1.29 is 18.0 Å². The number of halogens is 3. The van der Waals surface area contributed by atoms with Gasteiger partial charge in [0.15, 0.2) is 5.11 Å². The van der Waals surface area contributed by atoms with Crippen molar-refractivity contribution in [2.45, 2.75) is 25.1 Å². The van der Waals surface area contributed by atoms with E-state index >= 15 is 0 Å². The van der Waals surface area contributed by atoms with Crippen LogP contribution < -0.4 is 10.6 Å². The van der Waals surface area contributed by atoms with E-state index in [1.807, 2.05) is 4.90 Å². The molecule has 1 saturated carbocycles. The quantitative estimate of drug-likeness (QED) is 0.778. The molecular weight excluding hydrogens is 365 g/mol. The zero-order chi connectivity index (χ0) is 18.7. The van der Waals surface area contributed by atoms with E-state index in [2.05, 4.69) is 15.5 Å². The Labute approximate surface area is 155 Å². The van der Waals surface area contributed by atoms with Gasteiger partial charge < -0.3 is 15.5 Å². The first kappa shape index (κ1) is 18.9.